The minimum Gasteiger partial charge on any atom is -0.459 e. The lowest BCUT2D eigenvalue weighted by molar-refractivity contribution is -0.754. The van der Waals surface area contributed by atoms with Gasteiger partial charge < -0.3 is 20.5 Å². The maximum Gasteiger partial charge on any atom is 0.408 e. The number of rotatable bonds is 11. The van der Waals surface area contributed by atoms with Crippen LogP contribution in [-0.4, -0.2) is 29.1 Å². The molecular formula is C25H27N4O5+. The highest BCUT2D eigenvalue weighted by atomic mass is 16.6. The summed E-state index contributed by atoms with van der Waals surface area (Å²) in [6.45, 7) is 0.647. The third kappa shape index (κ3) is 8.01. The van der Waals surface area contributed by atoms with Gasteiger partial charge in [0.1, 0.15) is 25.5 Å². The molecule has 3 aromatic rings. The highest BCUT2D eigenvalue weighted by Gasteiger charge is 2.24. The molecule has 3 N–H and O–H groups in total. The van der Waals surface area contributed by atoms with Crippen molar-refractivity contribution in [3.63, 3.8) is 0 Å². The van der Waals surface area contributed by atoms with E-state index in [4.69, 9.17) is 15.2 Å². The van der Waals surface area contributed by atoms with Crippen molar-refractivity contribution in [2.75, 3.05) is 0 Å². The summed E-state index contributed by atoms with van der Waals surface area (Å²) in [5.41, 5.74) is 7.21. The fraction of sp³-hybridized carbons (Fsp3) is 0.240. The van der Waals surface area contributed by atoms with Crippen LogP contribution in [0.25, 0.3) is 0 Å². The number of alkyl carbamates (subject to hydrolysis) is 1. The Labute approximate surface area is 197 Å². The molecular weight excluding hydrogens is 436 g/mol. The Kier molecular flexibility index (Phi) is 9.09. The third-order valence-electron chi connectivity index (χ3n) is 4.95. The highest BCUT2D eigenvalue weighted by Crippen LogP contribution is 2.07. The molecule has 1 aromatic heterocycles. The van der Waals surface area contributed by atoms with Crippen LogP contribution in [0.5, 0.6) is 0 Å². The molecule has 0 fully saturated rings. The number of carbonyl (C=O) groups excluding carboxylic acids is 3. The standard InChI is InChI=1S/C25H26N4O5/c26-23(30)21-13-15-29(27-16-21)14-7-12-22(24(31)33-17-19-8-3-1-4-9-19)28-25(32)34-18-20-10-5-2-6-11-20/h1-6,8-11,13,15-16,22H,7,12,14,17-18H2,(H2-,26,28,30,32)/p+1/t22-/m0/s1. The summed E-state index contributed by atoms with van der Waals surface area (Å²) in [4.78, 5) is 36.2. The molecule has 176 valence electrons. The van der Waals surface area contributed by atoms with Crippen LogP contribution in [0.3, 0.4) is 0 Å². The summed E-state index contributed by atoms with van der Waals surface area (Å²) in [6, 6.07) is 19.2. The first-order chi connectivity index (χ1) is 16.5. The zero-order valence-corrected chi connectivity index (χ0v) is 18.6. The summed E-state index contributed by atoms with van der Waals surface area (Å²) in [7, 11) is 0. The van der Waals surface area contributed by atoms with E-state index < -0.39 is 24.0 Å². The average molecular weight is 464 g/mol. The van der Waals surface area contributed by atoms with Gasteiger partial charge in [0.15, 0.2) is 12.7 Å². The molecule has 34 heavy (non-hydrogen) atoms. The fourth-order valence-corrected chi connectivity index (χ4v) is 3.10. The number of aryl methyl sites for hydroxylation is 1. The lowest BCUT2D eigenvalue weighted by atomic mass is 10.1. The summed E-state index contributed by atoms with van der Waals surface area (Å²) in [5, 5.41) is 6.74. The molecule has 9 nitrogen and oxygen atoms in total. The van der Waals surface area contributed by atoms with E-state index >= 15 is 0 Å². The minimum absolute atomic E-state index is 0.0877. The van der Waals surface area contributed by atoms with Gasteiger partial charge in [0, 0.05) is 12.5 Å². The number of hydrogen-bond acceptors (Lipinski definition) is 6. The molecule has 0 bridgehead atoms. The number of nitrogens with two attached hydrogens (primary N) is 1. The van der Waals surface area contributed by atoms with Crippen LogP contribution in [0.2, 0.25) is 0 Å². The van der Waals surface area contributed by atoms with E-state index in [0.29, 0.717) is 24.9 Å². The number of nitrogens with zero attached hydrogens (tertiary/aromatic N) is 2. The van der Waals surface area contributed by atoms with Crippen molar-refractivity contribution >= 4 is 18.0 Å². The smallest absolute Gasteiger partial charge is 0.408 e. The van der Waals surface area contributed by atoms with E-state index in [2.05, 4.69) is 10.4 Å². The molecule has 2 amide bonds. The van der Waals surface area contributed by atoms with Crippen molar-refractivity contribution in [2.45, 2.75) is 38.6 Å². The quantitative estimate of drug-likeness (QED) is 0.332. The number of aromatic nitrogens is 2. The Morgan fingerprint density at radius 1 is 0.912 bits per heavy atom. The summed E-state index contributed by atoms with van der Waals surface area (Å²) < 4.78 is 12.3. The minimum atomic E-state index is -0.891. The highest BCUT2D eigenvalue weighted by molar-refractivity contribution is 5.92. The van der Waals surface area contributed by atoms with E-state index in [0.717, 1.165) is 11.1 Å². The van der Waals surface area contributed by atoms with Gasteiger partial charge in [0.05, 0.1) is 5.56 Å². The van der Waals surface area contributed by atoms with Crippen molar-refractivity contribution in [3.8, 4) is 0 Å². The maximum absolute atomic E-state index is 12.7. The molecule has 0 aliphatic rings. The molecule has 2 aromatic carbocycles. The Morgan fingerprint density at radius 2 is 1.53 bits per heavy atom. The lowest BCUT2D eigenvalue weighted by Gasteiger charge is -2.17. The Morgan fingerprint density at radius 3 is 2.09 bits per heavy atom. The number of amides is 2. The molecule has 1 atom stereocenters. The molecule has 0 saturated heterocycles. The molecule has 0 spiro atoms. The number of benzene rings is 2. The van der Waals surface area contributed by atoms with E-state index in [-0.39, 0.29) is 13.2 Å². The lowest BCUT2D eigenvalue weighted by Crippen LogP contribution is -2.43. The predicted octanol–water partition coefficient (Wildman–Crippen LogP) is 2.29. The van der Waals surface area contributed by atoms with Crippen LogP contribution < -0.4 is 15.7 Å². The van der Waals surface area contributed by atoms with Gasteiger partial charge in [-0.3, -0.25) is 4.79 Å². The Hall–Kier alpha value is -4.27. The summed E-state index contributed by atoms with van der Waals surface area (Å²) >= 11 is 0. The second-order valence-corrected chi connectivity index (χ2v) is 7.54. The largest absolute Gasteiger partial charge is 0.459 e. The van der Waals surface area contributed by atoms with Gasteiger partial charge in [0.25, 0.3) is 5.91 Å². The van der Waals surface area contributed by atoms with Crippen LogP contribution >= 0.6 is 0 Å². The molecule has 0 radical (unpaired) electrons. The van der Waals surface area contributed by atoms with Crippen LogP contribution in [0.1, 0.15) is 34.3 Å². The molecule has 0 aliphatic heterocycles. The normalized spacial score (nSPS) is 11.3. The van der Waals surface area contributed by atoms with Gasteiger partial charge >= 0.3 is 12.1 Å². The number of nitrogens with one attached hydrogen (secondary N) is 1. The van der Waals surface area contributed by atoms with Gasteiger partial charge in [-0.15, -0.1) is 0 Å². The van der Waals surface area contributed by atoms with Gasteiger partial charge in [-0.25, -0.2) is 9.59 Å². The zero-order chi connectivity index (χ0) is 24.2. The number of primary amides is 1. The Balaban J connectivity index is 1.55. The van der Waals surface area contributed by atoms with E-state index in [1.54, 1.807) is 16.9 Å². The van der Waals surface area contributed by atoms with E-state index in [1.165, 1.54) is 6.20 Å². The molecule has 9 heteroatoms. The van der Waals surface area contributed by atoms with Crippen molar-refractivity contribution in [1.82, 2.24) is 10.4 Å². The van der Waals surface area contributed by atoms with Crippen molar-refractivity contribution in [3.05, 3.63) is 95.8 Å². The summed E-state index contributed by atoms with van der Waals surface area (Å²) in [6.07, 6.45) is 3.12. The topological polar surface area (TPSA) is 124 Å². The van der Waals surface area contributed by atoms with Crippen LogP contribution in [0.15, 0.2) is 79.1 Å². The number of esters is 1. The number of ether oxygens (including phenoxy) is 2. The van der Waals surface area contributed by atoms with Crippen molar-refractivity contribution < 1.29 is 28.5 Å². The zero-order valence-electron chi connectivity index (χ0n) is 18.6. The first-order valence-electron chi connectivity index (χ1n) is 10.8. The van der Waals surface area contributed by atoms with Crippen LogP contribution in [0.4, 0.5) is 4.79 Å². The molecule has 0 saturated carbocycles. The van der Waals surface area contributed by atoms with Gasteiger partial charge in [-0.2, -0.15) is 0 Å². The molecule has 0 aliphatic carbocycles. The molecule has 1 heterocycles. The number of hydrogen-bond donors (Lipinski definition) is 2. The second kappa shape index (κ2) is 12.7. The van der Waals surface area contributed by atoms with Crippen LogP contribution in [0, 0.1) is 0 Å². The Bertz CT molecular complexity index is 1080. The van der Waals surface area contributed by atoms with Gasteiger partial charge in [-0.05, 0) is 22.6 Å². The number of carbonyl (C=O) groups is 3. The first kappa shape index (κ1) is 24.4. The van der Waals surface area contributed by atoms with Crippen molar-refractivity contribution in [1.29, 1.82) is 0 Å². The summed E-state index contributed by atoms with van der Waals surface area (Å²) in [5.74, 6) is -1.11. The van der Waals surface area contributed by atoms with E-state index in [1.807, 2.05) is 60.7 Å². The SMILES string of the molecule is NC(=O)c1cc[n+](CCC[C@H](NC(=O)OCc2ccccc2)C(=O)OCc2ccccc2)nc1. The van der Waals surface area contributed by atoms with Crippen LogP contribution in [-0.2, 0) is 34.0 Å². The maximum atomic E-state index is 12.7. The fourth-order valence-electron chi connectivity index (χ4n) is 3.10. The van der Waals surface area contributed by atoms with Gasteiger partial charge in [0.2, 0.25) is 0 Å². The second-order valence-electron chi connectivity index (χ2n) is 7.54. The molecule has 3 rings (SSSR count). The average Bonchev–Trinajstić information content (AvgIpc) is 2.87. The third-order valence-corrected chi connectivity index (χ3v) is 4.95. The van der Waals surface area contributed by atoms with E-state index in [9.17, 15) is 14.4 Å². The predicted molar refractivity (Wildman–Crippen MR) is 122 cm³/mol. The first-order valence-corrected chi connectivity index (χ1v) is 10.8. The van der Waals surface area contributed by atoms with Gasteiger partial charge in [-0.1, -0.05) is 65.3 Å². The molecule has 0 unspecified atom stereocenters. The van der Waals surface area contributed by atoms with Crippen molar-refractivity contribution in [2.24, 2.45) is 5.73 Å². The monoisotopic (exact) mass is 463 g/mol.